The number of aromatic nitrogens is 2. The van der Waals surface area contributed by atoms with Crippen molar-refractivity contribution in [3.63, 3.8) is 0 Å². The average Bonchev–Trinajstić information content (AvgIpc) is 2.99. The van der Waals surface area contributed by atoms with E-state index in [4.69, 9.17) is 5.84 Å². The predicted octanol–water partition coefficient (Wildman–Crippen LogP) is 1.84. The minimum absolute atomic E-state index is 0.559. The van der Waals surface area contributed by atoms with Gasteiger partial charge in [-0.3, -0.25) is 0 Å². The zero-order valence-electron chi connectivity index (χ0n) is 10.7. The molecule has 1 saturated carbocycles. The highest BCUT2D eigenvalue weighted by Gasteiger charge is 2.33. The smallest absolute Gasteiger partial charge is 0.148 e. The summed E-state index contributed by atoms with van der Waals surface area (Å²) in [5.41, 5.74) is 3.64. The lowest BCUT2D eigenvalue weighted by Crippen LogP contribution is -2.16. The van der Waals surface area contributed by atoms with Crippen molar-refractivity contribution >= 4 is 11.6 Å². The Balaban J connectivity index is 2.24. The third-order valence-corrected chi connectivity index (χ3v) is 3.23. The molecule has 94 valence electrons. The molecular formula is C12H21N5. The van der Waals surface area contributed by atoms with E-state index in [9.17, 15) is 0 Å². The van der Waals surface area contributed by atoms with Crippen LogP contribution in [-0.2, 0) is 6.42 Å². The Kier molecular flexibility index (Phi) is 3.47. The monoisotopic (exact) mass is 235 g/mol. The van der Waals surface area contributed by atoms with Gasteiger partial charge in [0.15, 0.2) is 0 Å². The lowest BCUT2D eigenvalue weighted by atomic mass is 10.2. The summed E-state index contributed by atoms with van der Waals surface area (Å²) >= 11 is 0. The number of nitrogens with one attached hydrogen (secondary N) is 2. The molecule has 1 heterocycles. The van der Waals surface area contributed by atoms with E-state index in [0.717, 1.165) is 41.8 Å². The number of aryl methyl sites for hydroxylation is 1. The van der Waals surface area contributed by atoms with Gasteiger partial charge in [-0.15, -0.1) is 0 Å². The summed E-state index contributed by atoms with van der Waals surface area (Å²) in [5, 5.41) is 3.46. The first-order valence-corrected chi connectivity index (χ1v) is 6.26. The first-order chi connectivity index (χ1) is 8.15. The zero-order chi connectivity index (χ0) is 12.4. The average molecular weight is 235 g/mol. The van der Waals surface area contributed by atoms with Crippen LogP contribution in [0.25, 0.3) is 0 Å². The molecule has 1 fully saturated rings. The van der Waals surface area contributed by atoms with E-state index in [2.05, 4.69) is 34.6 Å². The Bertz CT molecular complexity index is 404. The Hall–Kier alpha value is -1.36. The van der Waals surface area contributed by atoms with Crippen molar-refractivity contribution in [3.8, 4) is 0 Å². The normalized spacial score (nSPS) is 22.4. The number of rotatable bonds is 5. The SMILES string of the molecule is CCCc1nc(NN)c(C)c(NC2CC2C)n1. The second kappa shape index (κ2) is 4.87. The maximum Gasteiger partial charge on any atom is 0.148 e. The molecule has 5 heteroatoms. The third-order valence-electron chi connectivity index (χ3n) is 3.23. The van der Waals surface area contributed by atoms with Crippen LogP contribution in [0.4, 0.5) is 11.6 Å². The molecule has 4 N–H and O–H groups in total. The van der Waals surface area contributed by atoms with Crippen molar-refractivity contribution in [2.24, 2.45) is 11.8 Å². The first-order valence-electron chi connectivity index (χ1n) is 6.26. The molecule has 1 aromatic heterocycles. The van der Waals surface area contributed by atoms with Gasteiger partial charge >= 0.3 is 0 Å². The molecule has 5 nitrogen and oxygen atoms in total. The van der Waals surface area contributed by atoms with Crippen molar-refractivity contribution in [2.45, 2.75) is 46.1 Å². The quantitative estimate of drug-likeness (QED) is 0.536. The number of nitrogens with two attached hydrogens (primary N) is 1. The van der Waals surface area contributed by atoms with Gasteiger partial charge in [0.1, 0.15) is 17.5 Å². The van der Waals surface area contributed by atoms with Crippen molar-refractivity contribution in [1.82, 2.24) is 9.97 Å². The zero-order valence-corrected chi connectivity index (χ0v) is 10.7. The number of hydrogen-bond donors (Lipinski definition) is 3. The topological polar surface area (TPSA) is 75.9 Å². The molecule has 0 radical (unpaired) electrons. The fourth-order valence-electron chi connectivity index (χ4n) is 1.88. The van der Waals surface area contributed by atoms with Gasteiger partial charge in [0.2, 0.25) is 0 Å². The standard InChI is InChI=1S/C12H21N5/c1-4-5-10-15-11(14-9-6-7(9)2)8(3)12(16-10)17-13/h7,9H,4-6,13H2,1-3H3,(H2,14,15,16,17). The van der Waals surface area contributed by atoms with Gasteiger partial charge in [-0.1, -0.05) is 13.8 Å². The van der Waals surface area contributed by atoms with Crippen LogP contribution >= 0.6 is 0 Å². The van der Waals surface area contributed by atoms with Crippen LogP contribution in [0, 0.1) is 12.8 Å². The molecule has 0 aromatic carbocycles. The summed E-state index contributed by atoms with van der Waals surface area (Å²) in [6.07, 6.45) is 3.13. The number of hydrogen-bond acceptors (Lipinski definition) is 5. The second-order valence-corrected chi connectivity index (χ2v) is 4.82. The minimum atomic E-state index is 0.559. The van der Waals surface area contributed by atoms with E-state index in [-0.39, 0.29) is 0 Å². The van der Waals surface area contributed by atoms with E-state index in [1.807, 2.05) is 6.92 Å². The van der Waals surface area contributed by atoms with E-state index in [1.165, 1.54) is 6.42 Å². The molecule has 0 aliphatic heterocycles. The summed E-state index contributed by atoms with van der Waals surface area (Å²) < 4.78 is 0. The lowest BCUT2D eigenvalue weighted by molar-refractivity contribution is 0.827. The summed E-state index contributed by atoms with van der Waals surface area (Å²) in [4.78, 5) is 8.97. The molecule has 0 spiro atoms. The van der Waals surface area contributed by atoms with Crippen LogP contribution in [0.5, 0.6) is 0 Å². The van der Waals surface area contributed by atoms with Gasteiger partial charge in [-0.25, -0.2) is 15.8 Å². The Labute approximate surface area is 102 Å². The number of anilines is 2. The Morgan fingerprint density at radius 2 is 2.00 bits per heavy atom. The molecule has 2 unspecified atom stereocenters. The highest BCUT2D eigenvalue weighted by molar-refractivity contribution is 5.57. The highest BCUT2D eigenvalue weighted by atomic mass is 15.3. The van der Waals surface area contributed by atoms with Crippen LogP contribution in [0.1, 0.15) is 38.1 Å². The van der Waals surface area contributed by atoms with Crippen LogP contribution in [-0.4, -0.2) is 16.0 Å². The van der Waals surface area contributed by atoms with Gasteiger partial charge in [0.05, 0.1) is 0 Å². The molecule has 2 atom stereocenters. The molecule has 0 bridgehead atoms. The number of nitrogens with zero attached hydrogens (tertiary/aromatic N) is 2. The summed E-state index contributed by atoms with van der Waals surface area (Å²) in [5.74, 6) is 8.73. The maximum atomic E-state index is 5.49. The maximum absolute atomic E-state index is 5.49. The number of nitrogen functional groups attached to an aromatic ring is 1. The van der Waals surface area contributed by atoms with Gasteiger partial charge in [0, 0.05) is 18.0 Å². The van der Waals surface area contributed by atoms with Crippen LogP contribution in [0.15, 0.2) is 0 Å². The molecule has 0 amide bonds. The Morgan fingerprint density at radius 3 is 2.53 bits per heavy atom. The lowest BCUT2D eigenvalue weighted by Gasteiger charge is -2.13. The number of hydrazine groups is 1. The van der Waals surface area contributed by atoms with Gasteiger partial charge < -0.3 is 10.7 Å². The van der Waals surface area contributed by atoms with Crippen molar-refractivity contribution in [2.75, 3.05) is 10.7 Å². The molecule has 1 aromatic rings. The van der Waals surface area contributed by atoms with E-state index in [0.29, 0.717) is 6.04 Å². The molecule has 0 saturated heterocycles. The van der Waals surface area contributed by atoms with Gasteiger partial charge in [-0.2, -0.15) is 0 Å². The van der Waals surface area contributed by atoms with Gasteiger partial charge in [0.25, 0.3) is 0 Å². The molecule has 17 heavy (non-hydrogen) atoms. The van der Waals surface area contributed by atoms with E-state index >= 15 is 0 Å². The van der Waals surface area contributed by atoms with Crippen LogP contribution < -0.4 is 16.6 Å². The summed E-state index contributed by atoms with van der Waals surface area (Å²) in [6, 6.07) is 0.559. The fourth-order valence-corrected chi connectivity index (χ4v) is 1.88. The van der Waals surface area contributed by atoms with Crippen molar-refractivity contribution < 1.29 is 0 Å². The predicted molar refractivity (Wildman–Crippen MR) is 69.8 cm³/mol. The van der Waals surface area contributed by atoms with E-state index < -0.39 is 0 Å². The highest BCUT2D eigenvalue weighted by Crippen LogP contribution is 2.33. The van der Waals surface area contributed by atoms with Crippen molar-refractivity contribution in [3.05, 3.63) is 11.4 Å². The second-order valence-electron chi connectivity index (χ2n) is 4.82. The van der Waals surface area contributed by atoms with Crippen LogP contribution in [0.2, 0.25) is 0 Å². The van der Waals surface area contributed by atoms with Crippen LogP contribution in [0.3, 0.4) is 0 Å². The van der Waals surface area contributed by atoms with E-state index in [1.54, 1.807) is 0 Å². The minimum Gasteiger partial charge on any atom is -0.367 e. The Morgan fingerprint density at radius 1 is 1.35 bits per heavy atom. The molecular weight excluding hydrogens is 214 g/mol. The molecule has 2 rings (SSSR count). The summed E-state index contributed by atoms with van der Waals surface area (Å²) in [7, 11) is 0. The third kappa shape index (κ3) is 2.66. The van der Waals surface area contributed by atoms with Gasteiger partial charge in [-0.05, 0) is 25.7 Å². The first kappa shape index (κ1) is 12.1. The van der Waals surface area contributed by atoms with Crippen molar-refractivity contribution in [1.29, 1.82) is 0 Å². The fraction of sp³-hybridized carbons (Fsp3) is 0.667. The largest absolute Gasteiger partial charge is 0.367 e. The summed E-state index contributed by atoms with van der Waals surface area (Å²) in [6.45, 7) is 6.35. The molecule has 1 aliphatic rings. The molecule has 1 aliphatic carbocycles.